The first-order valence-electron chi connectivity index (χ1n) is 11.9. The topological polar surface area (TPSA) is 117 Å². The van der Waals surface area contributed by atoms with Gasteiger partial charge in [-0.25, -0.2) is 8.78 Å². The van der Waals surface area contributed by atoms with Gasteiger partial charge < -0.3 is 16.4 Å². The van der Waals surface area contributed by atoms with Gasteiger partial charge in [-0.15, -0.1) is 0 Å². The molecule has 1 aromatic heterocycles. The second kappa shape index (κ2) is 11.5. The number of benzene rings is 2. The summed E-state index contributed by atoms with van der Waals surface area (Å²) in [7, 11) is 0. The molecule has 11 heteroatoms. The molecule has 0 aliphatic heterocycles. The molecule has 3 aromatic rings. The van der Waals surface area contributed by atoms with Crippen LogP contribution < -0.4 is 21.3 Å². The standard InChI is InChI=1S/C26H27F2N5O3S/c1-15(24(34)30-14-16-6-8-17(27)9-7-16)33(20-12-10-18(28)11-13-20)26(36)23-21(29)22(32-37-23)25(35)31-19-4-2-3-5-19/h6-13,15,19H,2-5,14,29H2,1H3,(H,30,34)(H,31,35)/t15-/m1/s1. The average molecular weight is 528 g/mol. The summed E-state index contributed by atoms with van der Waals surface area (Å²) in [6.45, 7) is 1.63. The van der Waals surface area contributed by atoms with E-state index in [4.69, 9.17) is 5.73 Å². The van der Waals surface area contributed by atoms with E-state index in [0.717, 1.165) is 37.2 Å². The first-order chi connectivity index (χ1) is 17.7. The van der Waals surface area contributed by atoms with E-state index in [1.807, 2.05) is 0 Å². The number of nitrogens with one attached hydrogen (secondary N) is 2. The van der Waals surface area contributed by atoms with E-state index in [2.05, 4.69) is 15.0 Å². The predicted octanol–water partition coefficient (Wildman–Crippen LogP) is 4.03. The first kappa shape index (κ1) is 26.2. The van der Waals surface area contributed by atoms with Gasteiger partial charge in [0.25, 0.3) is 11.8 Å². The van der Waals surface area contributed by atoms with Crippen LogP contribution in [0.5, 0.6) is 0 Å². The molecule has 194 valence electrons. The summed E-state index contributed by atoms with van der Waals surface area (Å²) in [6, 6.07) is 9.77. The van der Waals surface area contributed by atoms with Crippen molar-refractivity contribution >= 4 is 40.6 Å². The number of hydrogen-bond donors (Lipinski definition) is 3. The lowest BCUT2D eigenvalue weighted by Crippen LogP contribution is -2.48. The Morgan fingerprint density at radius 3 is 2.27 bits per heavy atom. The third-order valence-corrected chi connectivity index (χ3v) is 7.15. The van der Waals surface area contributed by atoms with Gasteiger partial charge >= 0.3 is 0 Å². The second-order valence-electron chi connectivity index (χ2n) is 8.90. The van der Waals surface area contributed by atoms with Crippen LogP contribution in [0, 0.1) is 11.6 Å². The van der Waals surface area contributed by atoms with Gasteiger partial charge in [0.2, 0.25) is 5.91 Å². The number of nitrogen functional groups attached to an aromatic ring is 1. The molecule has 8 nitrogen and oxygen atoms in total. The molecule has 4 N–H and O–H groups in total. The van der Waals surface area contributed by atoms with Crippen molar-refractivity contribution in [3.8, 4) is 0 Å². The molecular weight excluding hydrogens is 500 g/mol. The van der Waals surface area contributed by atoms with Gasteiger partial charge in [0.15, 0.2) is 5.69 Å². The zero-order valence-corrected chi connectivity index (χ0v) is 21.0. The van der Waals surface area contributed by atoms with Crippen molar-refractivity contribution in [1.29, 1.82) is 0 Å². The van der Waals surface area contributed by atoms with E-state index in [0.29, 0.717) is 5.56 Å². The number of rotatable bonds is 8. The number of aromatic nitrogens is 1. The highest BCUT2D eigenvalue weighted by atomic mass is 32.1. The van der Waals surface area contributed by atoms with E-state index in [1.165, 1.54) is 48.2 Å². The largest absolute Gasteiger partial charge is 0.395 e. The van der Waals surface area contributed by atoms with E-state index in [-0.39, 0.29) is 34.5 Å². The monoisotopic (exact) mass is 527 g/mol. The third kappa shape index (κ3) is 6.11. The Balaban J connectivity index is 1.56. The summed E-state index contributed by atoms with van der Waals surface area (Å²) >= 11 is 0.769. The van der Waals surface area contributed by atoms with E-state index < -0.39 is 35.4 Å². The van der Waals surface area contributed by atoms with Gasteiger partial charge in [0, 0.05) is 18.3 Å². The van der Waals surface area contributed by atoms with Crippen LogP contribution in [-0.2, 0) is 11.3 Å². The van der Waals surface area contributed by atoms with Gasteiger partial charge in [-0.1, -0.05) is 25.0 Å². The molecular formula is C26H27F2N5O3S. The van der Waals surface area contributed by atoms with Crippen molar-refractivity contribution in [1.82, 2.24) is 15.0 Å². The molecule has 0 unspecified atom stereocenters. The third-order valence-electron chi connectivity index (χ3n) is 6.30. The number of nitrogens with zero attached hydrogens (tertiary/aromatic N) is 2. The molecule has 3 amide bonds. The number of anilines is 2. The summed E-state index contributed by atoms with van der Waals surface area (Å²) in [5, 5.41) is 5.63. The Kier molecular flexibility index (Phi) is 8.12. The molecule has 0 bridgehead atoms. The van der Waals surface area contributed by atoms with Crippen LogP contribution in [0.1, 0.15) is 58.3 Å². The highest BCUT2D eigenvalue weighted by Gasteiger charge is 2.33. The molecule has 1 atom stereocenters. The van der Waals surface area contributed by atoms with Crippen LogP contribution in [0.2, 0.25) is 0 Å². The van der Waals surface area contributed by atoms with E-state index in [9.17, 15) is 23.2 Å². The smallest absolute Gasteiger partial charge is 0.273 e. The molecule has 1 fully saturated rings. The molecule has 1 heterocycles. The minimum atomic E-state index is -1.03. The van der Waals surface area contributed by atoms with Crippen molar-refractivity contribution in [2.24, 2.45) is 0 Å². The molecule has 2 aromatic carbocycles. The zero-order valence-electron chi connectivity index (χ0n) is 20.2. The lowest BCUT2D eigenvalue weighted by Gasteiger charge is -2.28. The van der Waals surface area contributed by atoms with Gasteiger partial charge in [-0.2, -0.15) is 4.37 Å². The van der Waals surface area contributed by atoms with Crippen molar-refractivity contribution in [3.63, 3.8) is 0 Å². The summed E-state index contributed by atoms with van der Waals surface area (Å²) < 4.78 is 30.9. The van der Waals surface area contributed by atoms with Gasteiger partial charge in [0.05, 0.1) is 5.69 Å². The van der Waals surface area contributed by atoms with Gasteiger partial charge in [-0.3, -0.25) is 19.3 Å². The lowest BCUT2D eigenvalue weighted by molar-refractivity contribution is -0.122. The van der Waals surface area contributed by atoms with Crippen molar-refractivity contribution < 1.29 is 23.2 Å². The van der Waals surface area contributed by atoms with Crippen LogP contribution in [0.4, 0.5) is 20.2 Å². The maximum Gasteiger partial charge on any atom is 0.273 e. The maximum atomic E-state index is 13.7. The van der Waals surface area contributed by atoms with Crippen molar-refractivity contribution in [2.75, 3.05) is 10.6 Å². The summed E-state index contributed by atoms with van der Waals surface area (Å²) in [5.74, 6) is -2.49. The summed E-state index contributed by atoms with van der Waals surface area (Å²) in [4.78, 5) is 40.6. The van der Waals surface area contributed by atoms with E-state index >= 15 is 0 Å². The fourth-order valence-electron chi connectivity index (χ4n) is 4.22. The van der Waals surface area contributed by atoms with Crippen molar-refractivity contribution in [2.45, 2.75) is 51.2 Å². The number of carbonyl (C=O) groups is 3. The fraction of sp³-hybridized carbons (Fsp3) is 0.308. The minimum Gasteiger partial charge on any atom is -0.395 e. The SMILES string of the molecule is C[C@H](C(=O)NCc1ccc(F)cc1)N(C(=O)c1snc(C(=O)NC2CCCC2)c1N)c1ccc(F)cc1. The normalized spacial score (nSPS) is 14.2. The van der Waals surface area contributed by atoms with Gasteiger partial charge in [0.1, 0.15) is 22.6 Å². The Morgan fingerprint density at radius 1 is 1.05 bits per heavy atom. The molecule has 4 rings (SSSR count). The van der Waals surface area contributed by atoms with Crippen LogP contribution in [0.3, 0.4) is 0 Å². The number of hydrogen-bond acceptors (Lipinski definition) is 6. The Labute approximate surface area is 217 Å². The molecule has 0 spiro atoms. The Bertz CT molecular complexity index is 1270. The molecule has 1 aliphatic rings. The molecule has 1 saturated carbocycles. The zero-order chi connectivity index (χ0) is 26.5. The Morgan fingerprint density at radius 2 is 1.65 bits per heavy atom. The Hall–Kier alpha value is -3.86. The highest BCUT2D eigenvalue weighted by Crippen LogP contribution is 2.28. The number of carbonyl (C=O) groups excluding carboxylic acids is 3. The molecule has 0 saturated heterocycles. The van der Waals surface area contributed by atoms with Crippen LogP contribution in [-0.4, -0.2) is 34.2 Å². The first-order valence-corrected chi connectivity index (χ1v) is 12.7. The second-order valence-corrected chi connectivity index (χ2v) is 9.67. The fourth-order valence-corrected chi connectivity index (χ4v) is 4.96. The number of halogens is 2. The highest BCUT2D eigenvalue weighted by molar-refractivity contribution is 7.09. The summed E-state index contributed by atoms with van der Waals surface area (Å²) in [6.07, 6.45) is 3.83. The lowest BCUT2D eigenvalue weighted by atomic mass is 10.1. The maximum absolute atomic E-state index is 13.7. The number of amides is 3. The molecule has 1 aliphatic carbocycles. The summed E-state index contributed by atoms with van der Waals surface area (Å²) in [5.41, 5.74) is 7.02. The average Bonchev–Trinajstić information content (AvgIpc) is 3.54. The predicted molar refractivity (Wildman–Crippen MR) is 137 cm³/mol. The molecule has 37 heavy (non-hydrogen) atoms. The van der Waals surface area contributed by atoms with Crippen LogP contribution >= 0.6 is 11.5 Å². The van der Waals surface area contributed by atoms with Gasteiger partial charge in [-0.05, 0) is 73.3 Å². The van der Waals surface area contributed by atoms with Crippen molar-refractivity contribution in [3.05, 3.63) is 76.3 Å². The van der Waals surface area contributed by atoms with Crippen LogP contribution in [0.25, 0.3) is 0 Å². The number of nitrogens with two attached hydrogens (primary N) is 1. The minimum absolute atomic E-state index is 0.000850. The van der Waals surface area contributed by atoms with E-state index in [1.54, 1.807) is 12.1 Å². The molecule has 0 radical (unpaired) electrons. The quantitative estimate of drug-likeness (QED) is 0.409. The van der Waals surface area contributed by atoms with Crippen LogP contribution in [0.15, 0.2) is 48.5 Å².